The Bertz CT molecular complexity index is 84.4. The Labute approximate surface area is 56.4 Å². The summed E-state index contributed by atoms with van der Waals surface area (Å²) in [6, 6.07) is 0. The lowest BCUT2D eigenvalue weighted by Gasteiger charge is -2.32. The van der Waals surface area contributed by atoms with Crippen molar-refractivity contribution in [1.82, 2.24) is 15.5 Å². The predicted molar refractivity (Wildman–Crippen MR) is 38.1 cm³/mol. The van der Waals surface area contributed by atoms with Crippen molar-refractivity contribution in [1.29, 1.82) is 0 Å². The van der Waals surface area contributed by atoms with Crippen LogP contribution < -0.4 is 10.6 Å². The lowest BCUT2D eigenvalue weighted by Crippen LogP contribution is -2.56. The van der Waals surface area contributed by atoms with Crippen LogP contribution in [0.15, 0.2) is 0 Å². The summed E-state index contributed by atoms with van der Waals surface area (Å²) in [4.78, 5) is 2.27. The van der Waals surface area contributed by atoms with Crippen LogP contribution >= 0.6 is 0 Å². The van der Waals surface area contributed by atoms with E-state index < -0.39 is 0 Å². The van der Waals surface area contributed by atoms with Crippen molar-refractivity contribution < 1.29 is 0 Å². The number of nitrogens with one attached hydrogen (secondary N) is 2. The van der Waals surface area contributed by atoms with Crippen LogP contribution in [0.3, 0.4) is 0 Å². The van der Waals surface area contributed by atoms with Crippen LogP contribution in [-0.2, 0) is 0 Å². The van der Waals surface area contributed by atoms with E-state index in [0.717, 1.165) is 6.54 Å². The van der Waals surface area contributed by atoms with Crippen LogP contribution in [0, 0.1) is 0 Å². The highest BCUT2D eigenvalue weighted by Gasteiger charge is 2.14. The summed E-state index contributed by atoms with van der Waals surface area (Å²) in [7, 11) is 4.09. The monoisotopic (exact) mass is 129 g/mol. The standard InChI is InChI=1S/C6H15N3/c1-7-6-8-4-3-5-9(6)2/h6-8H,3-5H2,1-2H3. The Balaban J connectivity index is 2.30. The average molecular weight is 129 g/mol. The molecule has 0 bridgehead atoms. The molecule has 1 atom stereocenters. The summed E-state index contributed by atoms with van der Waals surface area (Å²) in [6.45, 7) is 2.33. The van der Waals surface area contributed by atoms with Crippen LogP contribution in [0.4, 0.5) is 0 Å². The van der Waals surface area contributed by atoms with Crippen molar-refractivity contribution in [3.8, 4) is 0 Å². The second kappa shape index (κ2) is 3.15. The second-order valence-corrected chi connectivity index (χ2v) is 2.48. The third kappa shape index (κ3) is 1.64. The average Bonchev–Trinajstić information content (AvgIpc) is 1.89. The molecule has 0 aromatic heterocycles. The first-order valence-corrected chi connectivity index (χ1v) is 3.45. The van der Waals surface area contributed by atoms with E-state index in [4.69, 9.17) is 0 Å². The Hall–Kier alpha value is -0.120. The van der Waals surface area contributed by atoms with Gasteiger partial charge in [0.15, 0.2) is 0 Å². The molecule has 2 N–H and O–H groups in total. The Morgan fingerprint density at radius 2 is 2.44 bits per heavy atom. The number of nitrogens with zero attached hydrogens (tertiary/aromatic N) is 1. The van der Waals surface area contributed by atoms with E-state index in [0.29, 0.717) is 6.29 Å². The van der Waals surface area contributed by atoms with Crippen LogP contribution in [0.25, 0.3) is 0 Å². The molecule has 1 unspecified atom stereocenters. The second-order valence-electron chi connectivity index (χ2n) is 2.48. The molecule has 0 saturated carbocycles. The topological polar surface area (TPSA) is 27.3 Å². The molecule has 1 rings (SSSR count). The minimum atomic E-state index is 0.388. The van der Waals surface area contributed by atoms with Gasteiger partial charge >= 0.3 is 0 Å². The van der Waals surface area contributed by atoms with Gasteiger partial charge in [-0.2, -0.15) is 0 Å². The smallest absolute Gasteiger partial charge is 0.114 e. The van der Waals surface area contributed by atoms with Crippen molar-refractivity contribution in [2.24, 2.45) is 0 Å². The van der Waals surface area contributed by atoms with Crippen LogP contribution in [0.5, 0.6) is 0 Å². The molecule has 1 aliphatic rings. The van der Waals surface area contributed by atoms with Gasteiger partial charge in [0.05, 0.1) is 0 Å². The number of hydrogen-bond acceptors (Lipinski definition) is 3. The van der Waals surface area contributed by atoms with E-state index >= 15 is 0 Å². The minimum Gasteiger partial charge on any atom is -0.293 e. The largest absolute Gasteiger partial charge is 0.293 e. The molecule has 3 nitrogen and oxygen atoms in total. The molecule has 0 amide bonds. The maximum atomic E-state index is 3.33. The van der Waals surface area contributed by atoms with Crippen molar-refractivity contribution in [3.63, 3.8) is 0 Å². The molecule has 0 aromatic rings. The summed E-state index contributed by atoms with van der Waals surface area (Å²) in [5, 5.41) is 6.50. The zero-order chi connectivity index (χ0) is 6.69. The maximum absolute atomic E-state index is 3.33. The molecule has 9 heavy (non-hydrogen) atoms. The normalized spacial score (nSPS) is 30.7. The summed E-state index contributed by atoms with van der Waals surface area (Å²) in [6.07, 6.45) is 1.65. The molecule has 0 radical (unpaired) electrons. The molecule has 1 fully saturated rings. The summed E-state index contributed by atoms with van der Waals surface area (Å²) < 4.78 is 0. The molecular weight excluding hydrogens is 114 g/mol. The minimum absolute atomic E-state index is 0.388. The summed E-state index contributed by atoms with van der Waals surface area (Å²) >= 11 is 0. The third-order valence-corrected chi connectivity index (χ3v) is 1.74. The van der Waals surface area contributed by atoms with Gasteiger partial charge in [0.1, 0.15) is 6.29 Å². The zero-order valence-corrected chi connectivity index (χ0v) is 6.15. The van der Waals surface area contributed by atoms with Gasteiger partial charge in [-0.05, 0) is 27.1 Å². The van der Waals surface area contributed by atoms with Crippen molar-refractivity contribution in [2.75, 3.05) is 27.2 Å². The first-order chi connectivity index (χ1) is 4.34. The first kappa shape index (κ1) is 6.99. The van der Waals surface area contributed by atoms with E-state index in [2.05, 4.69) is 22.6 Å². The van der Waals surface area contributed by atoms with Gasteiger partial charge in [-0.25, -0.2) is 0 Å². The highest BCUT2D eigenvalue weighted by molar-refractivity contribution is 4.68. The van der Waals surface area contributed by atoms with Gasteiger partial charge in [-0.15, -0.1) is 0 Å². The zero-order valence-electron chi connectivity index (χ0n) is 6.15. The first-order valence-electron chi connectivity index (χ1n) is 3.45. The van der Waals surface area contributed by atoms with E-state index in [-0.39, 0.29) is 0 Å². The highest BCUT2D eigenvalue weighted by Crippen LogP contribution is 1.96. The van der Waals surface area contributed by atoms with Crippen LogP contribution in [0.2, 0.25) is 0 Å². The van der Waals surface area contributed by atoms with E-state index in [1.165, 1.54) is 13.0 Å². The van der Waals surface area contributed by atoms with Gasteiger partial charge in [0.2, 0.25) is 0 Å². The fourth-order valence-electron chi connectivity index (χ4n) is 1.17. The lowest BCUT2D eigenvalue weighted by molar-refractivity contribution is 0.142. The fourth-order valence-corrected chi connectivity index (χ4v) is 1.17. The van der Waals surface area contributed by atoms with Crippen molar-refractivity contribution >= 4 is 0 Å². The SMILES string of the molecule is CNC1NCCCN1C. The predicted octanol–water partition coefficient (Wildman–Crippen LogP) is -0.585. The summed E-state index contributed by atoms with van der Waals surface area (Å²) in [5.41, 5.74) is 0. The Morgan fingerprint density at radius 1 is 1.67 bits per heavy atom. The third-order valence-electron chi connectivity index (χ3n) is 1.74. The van der Waals surface area contributed by atoms with Gasteiger partial charge in [0.25, 0.3) is 0 Å². The fraction of sp³-hybridized carbons (Fsp3) is 1.00. The molecule has 0 aliphatic carbocycles. The Kier molecular flexibility index (Phi) is 2.45. The molecule has 1 saturated heterocycles. The van der Waals surface area contributed by atoms with Gasteiger partial charge in [-0.1, -0.05) is 0 Å². The quantitative estimate of drug-likeness (QED) is 0.496. The number of hydrogen-bond donors (Lipinski definition) is 2. The van der Waals surface area contributed by atoms with Crippen LogP contribution in [-0.4, -0.2) is 38.4 Å². The lowest BCUT2D eigenvalue weighted by atomic mass is 10.3. The van der Waals surface area contributed by atoms with Crippen LogP contribution in [0.1, 0.15) is 6.42 Å². The van der Waals surface area contributed by atoms with E-state index in [1.54, 1.807) is 0 Å². The molecular formula is C6H15N3. The summed E-state index contributed by atoms with van der Waals surface area (Å²) in [5.74, 6) is 0. The molecule has 1 aliphatic heterocycles. The van der Waals surface area contributed by atoms with E-state index in [9.17, 15) is 0 Å². The van der Waals surface area contributed by atoms with E-state index in [1.807, 2.05) is 7.05 Å². The molecule has 54 valence electrons. The Morgan fingerprint density at radius 3 is 2.89 bits per heavy atom. The highest BCUT2D eigenvalue weighted by atomic mass is 15.4. The van der Waals surface area contributed by atoms with Crippen molar-refractivity contribution in [3.05, 3.63) is 0 Å². The van der Waals surface area contributed by atoms with Gasteiger partial charge in [-0.3, -0.25) is 15.5 Å². The number of rotatable bonds is 1. The van der Waals surface area contributed by atoms with Gasteiger partial charge < -0.3 is 0 Å². The molecule has 3 heteroatoms. The van der Waals surface area contributed by atoms with Crippen molar-refractivity contribution in [2.45, 2.75) is 12.7 Å². The molecule has 0 aromatic carbocycles. The van der Waals surface area contributed by atoms with Gasteiger partial charge in [0, 0.05) is 6.54 Å². The maximum Gasteiger partial charge on any atom is 0.114 e. The molecule has 1 heterocycles. The molecule has 0 spiro atoms.